The van der Waals surface area contributed by atoms with E-state index in [2.05, 4.69) is 5.32 Å². The number of halogens is 1. The molecule has 0 radical (unpaired) electrons. The van der Waals surface area contributed by atoms with E-state index in [1.54, 1.807) is 31.2 Å². The third kappa shape index (κ3) is 5.65. The zero-order valence-corrected chi connectivity index (χ0v) is 10.7. The van der Waals surface area contributed by atoms with Gasteiger partial charge >= 0.3 is 5.97 Å². The molecule has 0 bridgehead atoms. The molecular weight excluding hydrogens is 258 g/mol. The minimum atomic E-state index is -0.567. The highest BCUT2D eigenvalue weighted by Gasteiger charge is 2.07. The lowest BCUT2D eigenvalue weighted by molar-refractivity contribution is -0.151. The molecule has 1 aromatic rings. The summed E-state index contributed by atoms with van der Waals surface area (Å²) in [7, 11) is 0. The van der Waals surface area contributed by atoms with E-state index >= 15 is 0 Å². The summed E-state index contributed by atoms with van der Waals surface area (Å²) in [4.78, 5) is 22.5. The molecule has 0 saturated heterocycles. The lowest BCUT2D eigenvalue weighted by Gasteiger charge is -2.06. The smallest absolute Gasteiger partial charge is 0.332 e. The molecule has 0 aliphatic rings. The van der Waals surface area contributed by atoms with Crippen LogP contribution in [0.5, 0.6) is 0 Å². The Hall–Kier alpha value is -1.59. The van der Waals surface area contributed by atoms with Crippen LogP contribution < -0.4 is 5.32 Å². The Balaban J connectivity index is 2.29. The lowest BCUT2D eigenvalue weighted by atomic mass is 10.3. The number of hydrogen-bond acceptors (Lipinski definition) is 4. The van der Waals surface area contributed by atoms with Crippen LogP contribution in [0.4, 0.5) is 5.69 Å². The zero-order chi connectivity index (χ0) is 13.4. The van der Waals surface area contributed by atoms with Crippen LogP contribution in [0.15, 0.2) is 24.3 Å². The summed E-state index contributed by atoms with van der Waals surface area (Å²) in [6.07, 6.45) is 0. The van der Waals surface area contributed by atoms with Gasteiger partial charge < -0.3 is 14.8 Å². The summed E-state index contributed by atoms with van der Waals surface area (Å²) in [6.45, 7) is 1.70. The van der Waals surface area contributed by atoms with Crippen molar-refractivity contribution >= 4 is 29.2 Å². The van der Waals surface area contributed by atoms with Gasteiger partial charge in [0.15, 0.2) is 6.61 Å². The third-order valence-corrected chi connectivity index (χ3v) is 2.17. The van der Waals surface area contributed by atoms with Crippen LogP contribution >= 0.6 is 11.6 Å². The second-order valence-electron chi connectivity index (χ2n) is 3.35. The fraction of sp³-hybridized carbons (Fsp3) is 0.333. The minimum Gasteiger partial charge on any atom is -0.454 e. The summed E-state index contributed by atoms with van der Waals surface area (Å²) in [5.41, 5.74) is 0.588. The van der Waals surface area contributed by atoms with Crippen molar-refractivity contribution in [1.29, 1.82) is 0 Å². The van der Waals surface area contributed by atoms with Gasteiger partial charge in [-0.05, 0) is 31.2 Å². The van der Waals surface area contributed by atoms with E-state index in [0.717, 1.165) is 0 Å². The van der Waals surface area contributed by atoms with Crippen LogP contribution in [0.2, 0.25) is 5.02 Å². The maximum Gasteiger partial charge on any atom is 0.332 e. The minimum absolute atomic E-state index is 0.148. The normalized spacial score (nSPS) is 9.89. The number of rotatable bonds is 6. The van der Waals surface area contributed by atoms with Crippen LogP contribution in [0.25, 0.3) is 0 Å². The Kier molecular flexibility index (Phi) is 6.18. The highest BCUT2D eigenvalue weighted by Crippen LogP contribution is 2.13. The van der Waals surface area contributed by atoms with Gasteiger partial charge in [-0.1, -0.05) is 11.6 Å². The molecule has 18 heavy (non-hydrogen) atoms. The number of amides is 1. The van der Waals surface area contributed by atoms with Gasteiger partial charge in [-0.15, -0.1) is 0 Å². The second kappa shape index (κ2) is 7.68. The molecule has 0 unspecified atom stereocenters. The summed E-state index contributed by atoms with van der Waals surface area (Å²) < 4.78 is 9.54. The van der Waals surface area contributed by atoms with Crippen molar-refractivity contribution in [3.8, 4) is 0 Å². The number of hydrogen-bond donors (Lipinski definition) is 1. The average Bonchev–Trinajstić information content (AvgIpc) is 2.36. The maximum absolute atomic E-state index is 11.4. The molecule has 6 heteroatoms. The highest BCUT2D eigenvalue weighted by atomic mass is 35.5. The van der Waals surface area contributed by atoms with Crippen molar-refractivity contribution in [2.75, 3.05) is 25.1 Å². The van der Waals surface area contributed by atoms with Gasteiger partial charge in [0, 0.05) is 17.3 Å². The van der Waals surface area contributed by atoms with E-state index in [0.29, 0.717) is 17.3 Å². The summed E-state index contributed by atoms with van der Waals surface area (Å²) in [5, 5.41) is 3.14. The molecule has 0 heterocycles. The molecule has 0 aliphatic heterocycles. The first-order valence-electron chi connectivity index (χ1n) is 5.40. The van der Waals surface area contributed by atoms with Crippen molar-refractivity contribution < 1.29 is 19.1 Å². The Labute approximate surface area is 110 Å². The van der Waals surface area contributed by atoms with Gasteiger partial charge in [-0.25, -0.2) is 4.79 Å². The Morgan fingerprint density at radius 1 is 1.22 bits per heavy atom. The van der Waals surface area contributed by atoms with E-state index in [9.17, 15) is 9.59 Å². The van der Waals surface area contributed by atoms with E-state index in [-0.39, 0.29) is 13.2 Å². The van der Waals surface area contributed by atoms with Crippen LogP contribution in [-0.2, 0) is 19.1 Å². The van der Waals surface area contributed by atoms with E-state index in [1.807, 2.05) is 0 Å². The SMILES string of the molecule is CCOCC(=O)OCC(=O)Nc1ccc(Cl)cc1. The van der Waals surface area contributed by atoms with Crippen molar-refractivity contribution in [3.63, 3.8) is 0 Å². The number of ether oxygens (including phenoxy) is 2. The van der Waals surface area contributed by atoms with Crippen LogP contribution in [0.3, 0.4) is 0 Å². The molecule has 0 saturated carbocycles. The number of carbonyl (C=O) groups excluding carboxylic acids is 2. The molecule has 98 valence electrons. The van der Waals surface area contributed by atoms with Gasteiger partial charge in [0.1, 0.15) is 6.61 Å². The monoisotopic (exact) mass is 271 g/mol. The largest absolute Gasteiger partial charge is 0.454 e. The Morgan fingerprint density at radius 2 is 1.89 bits per heavy atom. The molecule has 0 aliphatic carbocycles. The molecule has 1 rings (SSSR count). The number of carbonyl (C=O) groups is 2. The molecule has 0 fully saturated rings. The zero-order valence-electron chi connectivity index (χ0n) is 9.94. The highest BCUT2D eigenvalue weighted by molar-refractivity contribution is 6.30. The molecular formula is C12H14ClNO4. The number of benzene rings is 1. The molecule has 1 amide bonds. The molecule has 0 atom stereocenters. The second-order valence-corrected chi connectivity index (χ2v) is 3.79. The number of nitrogens with one attached hydrogen (secondary N) is 1. The quantitative estimate of drug-likeness (QED) is 0.802. The average molecular weight is 272 g/mol. The van der Waals surface area contributed by atoms with Crippen molar-refractivity contribution in [3.05, 3.63) is 29.3 Å². The van der Waals surface area contributed by atoms with Crippen molar-refractivity contribution in [2.45, 2.75) is 6.92 Å². The van der Waals surface area contributed by atoms with Gasteiger partial charge in [-0.3, -0.25) is 4.79 Å². The fourth-order valence-corrected chi connectivity index (χ4v) is 1.23. The summed E-state index contributed by atoms with van der Waals surface area (Å²) >= 11 is 5.70. The van der Waals surface area contributed by atoms with Crippen LogP contribution in [0.1, 0.15) is 6.92 Å². The predicted molar refractivity (Wildman–Crippen MR) is 67.5 cm³/mol. The topological polar surface area (TPSA) is 64.6 Å². The van der Waals surface area contributed by atoms with E-state index < -0.39 is 11.9 Å². The van der Waals surface area contributed by atoms with Crippen molar-refractivity contribution in [2.24, 2.45) is 0 Å². The fourth-order valence-electron chi connectivity index (χ4n) is 1.10. The van der Waals surface area contributed by atoms with Gasteiger partial charge in [0.2, 0.25) is 0 Å². The van der Waals surface area contributed by atoms with Gasteiger partial charge in [-0.2, -0.15) is 0 Å². The van der Waals surface area contributed by atoms with Crippen LogP contribution in [0, 0.1) is 0 Å². The lowest BCUT2D eigenvalue weighted by Crippen LogP contribution is -2.22. The Morgan fingerprint density at radius 3 is 2.50 bits per heavy atom. The maximum atomic E-state index is 11.4. The number of esters is 1. The summed E-state index contributed by atoms with van der Waals surface area (Å²) in [6, 6.07) is 6.61. The molecule has 1 aromatic carbocycles. The number of anilines is 1. The third-order valence-electron chi connectivity index (χ3n) is 1.92. The molecule has 0 aromatic heterocycles. The predicted octanol–water partition coefficient (Wildman–Crippen LogP) is 1.86. The molecule has 5 nitrogen and oxygen atoms in total. The van der Waals surface area contributed by atoms with Gasteiger partial charge in [0.25, 0.3) is 5.91 Å². The van der Waals surface area contributed by atoms with E-state index in [1.165, 1.54) is 0 Å². The first-order valence-corrected chi connectivity index (χ1v) is 5.78. The Bertz CT molecular complexity index is 405. The van der Waals surface area contributed by atoms with Crippen molar-refractivity contribution in [1.82, 2.24) is 0 Å². The van der Waals surface area contributed by atoms with E-state index in [4.69, 9.17) is 21.1 Å². The summed E-state index contributed by atoms with van der Waals surface area (Å²) in [5.74, 6) is -0.981. The molecule has 0 spiro atoms. The first-order chi connectivity index (χ1) is 8.61. The van der Waals surface area contributed by atoms with Gasteiger partial charge in [0.05, 0.1) is 0 Å². The molecule has 1 N–H and O–H groups in total. The van der Waals surface area contributed by atoms with Crippen LogP contribution in [-0.4, -0.2) is 31.7 Å². The first kappa shape index (κ1) is 14.5. The standard InChI is InChI=1S/C12H14ClNO4/c1-2-17-8-12(16)18-7-11(15)14-10-5-3-9(13)4-6-10/h3-6H,2,7-8H2,1H3,(H,14,15).